The summed E-state index contributed by atoms with van der Waals surface area (Å²) in [6.07, 6.45) is -0.101. The number of hydrogen-bond donors (Lipinski definition) is 1. The molecule has 2 aromatic rings. The average Bonchev–Trinajstić information content (AvgIpc) is 2.49. The average molecular weight is 294 g/mol. The van der Waals surface area contributed by atoms with Gasteiger partial charge in [0.15, 0.2) is 0 Å². The van der Waals surface area contributed by atoms with Crippen molar-refractivity contribution in [3.8, 4) is 12.1 Å². The Kier molecular flexibility index (Phi) is 4.61. The molecule has 0 heterocycles. The van der Waals surface area contributed by atoms with Gasteiger partial charge in [0.1, 0.15) is 6.07 Å². The first kappa shape index (κ1) is 14.6. The summed E-state index contributed by atoms with van der Waals surface area (Å²) in [6, 6.07) is 16.3. The van der Waals surface area contributed by atoms with E-state index >= 15 is 0 Å². The van der Waals surface area contributed by atoms with Crippen LogP contribution in [-0.2, 0) is 11.2 Å². The highest BCUT2D eigenvalue weighted by molar-refractivity contribution is 7.99. The van der Waals surface area contributed by atoms with E-state index in [0.717, 1.165) is 9.79 Å². The molecule has 0 saturated carbocycles. The van der Waals surface area contributed by atoms with Crippen molar-refractivity contribution in [2.24, 2.45) is 0 Å². The number of carboxylic acid groups (broad SMARTS) is 1. The van der Waals surface area contributed by atoms with Crippen LogP contribution in [0.2, 0.25) is 0 Å². The number of benzene rings is 2. The highest BCUT2D eigenvalue weighted by Crippen LogP contribution is 2.31. The van der Waals surface area contributed by atoms with Crippen molar-refractivity contribution < 1.29 is 9.90 Å². The Hall–Kier alpha value is -2.76. The smallest absolute Gasteiger partial charge is 0.307 e. The molecule has 4 nitrogen and oxygen atoms in total. The summed E-state index contributed by atoms with van der Waals surface area (Å²) in [4.78, 5) is 12.4. The van der Waals surface area contributed by atoms with Crippen LogP contribution in [0.25, 0.3) is 0 Å². The fourth-order valence-corrected chi connectivity index (χ4v) is 2.64. The zero-order valence-electron chi connectivity index (χ0n) is 10.9. The van der Waals surface area contributed by atoms with Crippen LogP contribution < -0.4 is 0 Å². The van der Waals surface area contributed by atoms with Crippen molar-refractivity contribution in [1.82, 2.24) is 0 Å². The minimum Gasteiger partial charge on any atom is -0.481 e. The highest BCUT2D eigenvalue weighted by atomic mass is 32.2. The van der Waals surface area contributed by atoms with Gasteiger partial charge in [0.05, 0.1) is 23.6 Å². The van der Waals surface area contributed by atoms with Crippen LogP contribution in [0, 0.1) is 22.7 Å². The molecule has 0 radical (unpaired) electrons. The molecule has 0 bridgehead atoms. The lowest BCUT2D eigenvalue weighted by molar-refractivity contribution is -0.136. The number of carbonyl (C=O) groups is 1. The summed E-state index contributed by atoms with van der Waals surface area (Å²) in [6.45, 7) is 0. The van der Waals surface area contributed by atoms with E-state index in [1.807, 2.05) is 18.2 Å². The van der Waals surface area contributed by atoms with Crippen molar-refractivity contribution in [3.63, 3.8) is 0 Å². The van der Waals surface area contributed by atoms with E-state index in [1.54, 1.807) is 30.3 Å². The van der Waals surface area contributed by atoms with Gasteiger partial charge in [-0.15, -0.1) is 0 Å². The molecule has 5 heteroatoms. The molecule has 102 valence electrons. The van der Waals surface area contributed by atoms with Crippen LogP contribution in [0.1, 0.15) is 16.7 Å². The van der Waals surface area contributed by atoms with Gasteiger partial charge >= 0.3 is 5.97 Å². The van der Waals surface area contributed by atoms with E-state index in [1.165, 1.54) is 11.8 Å². The molecular formula is C16H10N2O2S. The Morgan fingerprint density at radius 1 is 1.10 bits per heavy atom. The lowest BCUT2D eigenvalue weighted by atomic mass is 10.1. The SMILES string of the molecule is N#Cc1ccc(Sc2ccc(CC(=O)O)cc2C#N)cc1. The van der Waals surface area contributed by atoms with Gasteiger partial charge in [-0.3, -0.25) is 4.79 Å². The first-order valence-corrected chi connectivity index (χ1v) is 6.87. The Morgan fingerprint density at radius 2 is 1.81 bits per heavy atom. The number of rotatable bonds is 4. The van der Waals surface area contributed by atoms with E-state index in [-0.39, 0.29) is 6.42 Å². The molecule has 0 aliphatic rings. The van der Waals surface area contributed by atoms with E-state index in [4.69, 9.17) is 10.4 Å². The second kappa shape index (κ2) is 6.60. The molecule has 2 rings (SSSR count). The van der Waals surface area contributed by atoms with Crippen molar-refractivity contribution >= 4 is 17.7 Å². The normalized spacial score (nSPS) is 9.62. The van der Waals surface area contributed by atoms with Crippen LogP contribution >= 0.6 is 11.8 Å². The van der Waals surface area contributed by atoms with Crippen LogP contribution in [0.15, 0.2) is 52.3 Å². The number of nitriles is 2. The van der Waals surface area contributed by atoms with E-state index in [9.17, 15) is 10.1 Å². The van der Waals surface area contributed by atoms with Gasteiger partial charge in [-0.2, -0.15) is 10.5 Å². The fourth-order valence-electron chi connectivity index (χ4n) is 1.76. The zero-order valence-corrected chi connectivity index (χ0v) is 11.7. The van der Waals surface area contributed by atoms with Crippen molar-refractivity contribution in [3.05, 3.63) is 59.2 Å². The summed E-state index contributed by atoms with van der Waals surface area (Å²) in [5.41, 5.74) is 1.63. The Morgan fingerprint density at radius 3 is 2.38 bits per heavy atom. The lowest BCUT2D eigenvalue weighted by Crippen LogP contribution is -2.00. The molecular weight excluding hydrogens is 284 g/mol. The van der Waals surface area contributed by atoms with Crippen LogP contribution in [0.4, 0.5) is 0 Å². The third kappa shape index (κ3) is 3.85. The summed E-state index contributed by atoms with van der Waals surface area (Å²) in [5.74, 6) is -0.925. The molecule has 2 aromatic carbocycles. The monoisotopic (exact) mass is 294 g/mol. The van der Waals surface area contributed by atoms with E-state index in [2.05, 4.69) is 6.07 Å². The summed E-state index contributed by atoms with van der Waals surface area (Å²) in [7, 11) is 0. The second-order valence-corrected chi connectivity index (χ2v) is 5.37. The topological polar surface area (TPSA) is 84.9 Å². The van der Waals surface area contributed by atoms with Gasteiger partial charge in [-0.25, -0.2) is 0 Å². The number of carboxylic acids is 1. The first-order valence-electron chi connectivity index (χ1n) is 6.05. The molecule has 0 saturated heterocycles. The van der Waals surface area contributed by atoms with E-state index in [0.29, 0.717) is 16.7 Å². The van der Waals surface area contributed by atoms with Crippen LogP contribution in [-0.4, -0.2) is 11.1 Å². The molecule has 0 aromatic heterocycles. The van der Waals surface area contributed by atoms with E-state index < -0.39 is 5.97 Å². The van der Waals surface area contributed by atoms with Crippen molar-refractivity contribution in [2.75, 3.05) is 0 Å². The maximum atomic E-state index is 10.7. The summed E-state index contributed by atoms with van der Waals surface area (Å²) in [5, 5.41) is 26.7. The fraction of sp³-hybridized carbons (Fsp3) is 0.0625. The maximum absolute atomic E-state index is 10.7. The Balaban J connectivity index is 2.25. The zero-order chi connectivity index (χ0) is 15.2. The Bertz CT molecular complexity index is 755. The first-order chi connectivity index (χ1) is 10.1. The molecule has 0 amide bonds. The third-order valence-electron chi connectivity index (χ3n) is 2.73. The minimum atomic E-state index is -0.925. The van der Waals surface area contributed by atoms with Crippen molar-refractivity contribution in [2.45, 2.75) is 16.2 Å². The van der Waals surface area contributed by atoms with Crippen LogP contribution in [0.3, 0.4) is 0 Å². The standard InChI is InChI=1S/C16H10N2O2S/c17-9-11-1-4-14(5-2-11)21-15-6-3-12(8-16(19)20)7-13(15)10-18/h1-7H,8H2,(H,19,20). The molecule has 21 heavy (non-hydrogen) atoms. The molecule has 0 atom stereocenters. The van der Waals surface area contributed by atoms with Gasteiger partial charge in [-0.05, 0) is 42.0 Å². The summed E-state index contributed by atoms with van der Waals surface area (Å²) >= 11 is 1.41. The maximum Gasteiger partial charge on any atom is 0.307 e. The largest absolute Gasteiger partial charge is 0.481 e. The lowest BCUT2D eigenvalue weighted by Gasteiger charge is -2.06. The molecule has 0 unspecified atom stereocenters. The molecule has 0 aliphatic heterocycles. The van der Waals surface area contributed by atoms with Gasteiger partial charge in [0.2, 0.25) is 0 Å². The van der Waals surface area contributed by atoms with Crippen molar-refractivity contribution in [1.29, 1.82) is 10.5 Å². The quantitative estimate of drug-likeness (QED) is 0.935. The molecule has 0 spiro atoms. The van der Waals surface area contributed by atoms with Gasteiger partial charge in [0.25, 0.3) is 0 Å². The number of hydrogen-bond acceptors (Lipinski definition) is 4. The molecule has 0 fully saturated rings. The van der Waals surface area contributed by atoms with Crippen LogP contribution in [0.5, 0.6) is 0 Å². The number of aliphatic carboxylic acids is 1. The van der Waals surface area contributed by atoms with Gasteiger partial charge in [0, 0.05) is 9.79 Å². The molecule has 1 N–H and O–H groups in total. The molecule has 0 aliphatic carbocycles. The third-order valence-corrected chi connectivity index (χ3v) is 3.81. The van der Waals surface area contributed by atoms with Gasteiger partial charge in [-0.1, -0.05) is 17.8 Å². The predicted octanol–water partition coefficient (Wildman–Crippen LogP) is 3.21. The Labute approximate surface area is 126 Å². The second-order valence-electron chi connectivity index (χ2n) is 4.25. The predicted molar refractivity (Wildman–Crippen MR) is 77.8 cm³/mol. The number of nitrogens with zero attached hydrogens (tertiary/aromatic N) is 2. The summed E-state index contributed by atoms with van der Waals surface area (Å²) < 4.78 is 0. The minimum absolute atomic E-state index is 0.101. The highest BCUT2D eigenvalue weighted by Gasteiger charge is 2.08. The van der Waals surface area contributed by atoms with Gasteiger partial charge < -0.3 is 5.11 Å².